The molecule has 4 nitrogen and oxygen atoms in total. The lowest BCUT2D eigenvalue weighted by molar-refractivity contribution is 0.0343. The second-order valence-electron chi connectivity index (χ2n) is 5.26. The van der Waals surface area contributed by atoms with Gasteiger partial charge in [-0.15, -0.1) is 0 Å². The van der Waals surface area contributed by atoms with Crippen LogP contribution in [-0.4, -0.2) is 35.4 Å². The van der Waals surface area contributed by atoms with E-state index in [1.54, 1.807) is 11.3 Å². The minimum absolute atomic E-state index is 0.0828. The fourth-order valence-corrected chi connectivity index (χ4v) is 3.39. The Morgan fingerprint density at radius 1 is 1.50 bits per heavy atom. The maximum atomic E-state index is 9.42. The van der Waals surface area contributed by atoms with Gasteiger partial charge in [0.2, 0.25) is 0 Å². The van der Waals surface area contributed by atoms with Crippen molar-refractivity contribution in [2.24, 2.45) is 0 Å². The smallest absolute Gasteiger partial charge is 0.186 e. The van der Waals surface area contributed by atoms with Crippen LogP contribution in [-0.2, 0) is 11.3 Å². The Morgan fingerprint density at radius 2 is 2.22 bits per heavy atom. The zero-order valence-electron chi connectivity index (χ0n) is 11.5. The molecule has 1 N–H and O–H groups in total. The van der Waals surface area contributed by atoms with E-state index in [4.69, 9.17) is 9.72 Å². The quantitative estimate of drug-likeness (QED) is 0.916. The summed E-state index contributed by atoms with van der Waals surface area (Å²) in [5, 5.41) is 10.4. The first kappa shape index (κ1) is 13.8. The molecular weight excluding hydrogens is 248 g/mol. The molecule has 1 aromatic rings. The van der Waals surface area contributed by atoms with Crippen LogP contribution in [0.3, 0.4) is 0 Å². The first-order chi connectivity index (χ1) is 8.52. The number of ether oxygens (including phenoxy) is 1. The van der Waals surface area contributed by atoms with E-state index < -0.39 is 0 Å². The average molecular weight is 270 g/mol. The lowest BCUT2D eigenvalue weighted by Gasteiger charge is -2.36. The number of aliphatic hydroxyl groups is 1. The van der Waals surface area contributed by atoms with Gasteiger partial charge in [0, 0.05) is 6.54 Å². The fourth-order valence-electron chi connectivity index (χ4n) is 2.21. The summed E-state index contributed by atoms with van der Waals surface area (Å²) in [4.78, 5) is 8.01. The van der Waals surface area contributed by atoms with Crippen LogP contribution in [0, 0.1) is 0 Å². The standard InChI is InChI=1S/C13H22N2O2S/c1-8(2)12-11(6-16)18-13(14-12)15-5-10(4)17-7-9(15)3/h8-10,16H,5-7H2,1-4H3. The minimum atomic E-state index is 0.0828. The molecule has 1 aliphatic heterocycles. The van der Waals surface area contributed by atoms with Crippen LogP contribution in [0.25, 0.3) is 0 Å². The summed E-state index contributed by atoms with van der Waals surface area (Å²) in [5.41, 5.74) is 1.03. The summed E-state index contributed by atoms with van der Waals surface area (Å²) < 4.78 is 5.64. The molecule has 0 radical (unpaired) electrons. The van der Waals surface area contributed by atoms with Gasteiger partial charge in [-0.25, -0.2) is 4.98 Å². The summed E-state index contributed by atoms with van der Waals surface area (Å²) in [6, 6.07) is 0.346. The molecule has 2 rings (SSSR count). The number of morpholine rings is 1. The number of anilines is 1. The molecule has 102 valence electrons. The average Bonchev–Trinajstić information content (AvgIpc) is 2.76. The van der Waals surface area contributed by atoms with E-state index in [0.29, 0.717) is 12.0 Å². The SMILES string of the molecule is CC1CN(c2nc(C(C)C)c(CO)s2)C(C)CO1. The van der Waals surface area contributed by atoms with Crippen molar-refractivity contribution in [3.05, 3.63) is 10.6 Å². The zero-order chi connectivity index (χ0) is 13.3. The van der Waals surface area contributed by atoms with E-state index in [-0.39, 0.29) is 12.7 Å². The third-order valence-electron chi connectivity index (χ3n) is 3.26. The van der Waals surface area contributed by atoms with Crippen molar-refractivity contribution in [2.45, 2.75) is 52.4 Å². The van der Waals surface area contributed by atoms with Crippen LogP contribution >= 0.6 is 11.3 Å². The molecule has 1 saturated heterocycles. The number of aliphatic hydroxyl groups excluding tert-OH is 1. The predicted molar refractivity (Wildman–Crippen MR) is 74.3 cm³/mol. The molecule has 0 saturated carbocycles. The number of hydrogen-bond acceptors (Lipinski definition) is 5. The number of nitrogens with zero attached hydrogens (tertiary/aromatic N) is 2. The maximum absolute atomic E-state index is 9.42. The van der Waals surface area contributed by atoms with Gasteiger partial charge in [-0.3, -0.25) is 0 Å². The van der Waals surface area contributed by atoms with E-state index >= 15 is 0 Å². The molecule has 2 atom stereocenters. The van der Waals surface area contributed by atoms with Crippen LogP contribution < -0.4 is 4.90 Å². The number of thiazole rings is 1. The van der Waals surface area contributed by atoms with E-state index in [1.165, 1.54) is 0 Å². The molecule has 18 heavy (non-hydrogen) atoms. The lowest BCUT2D eigenvalue weighted by Crippen LogP contribution is -2.47. The molecule has 2 heterocycles. The molecule has 0 spiro atoms. The maximum Gasteiger partial charge on any atom is 0.186 e. The van der Waals surface area contributed by atoms with Crippen molar-refractivity contribution in [2.75, 3.05) is 18.1 Å². The third-order valence-corrected chi connectivity index (χ3v) is 4.35. The molecule has 1 aromatic heterocycles. The highest BCUT2D eigenvalue weighted by molar-refractivity contribution is 7.15. The van der Waals surface area contributed by atoms with E-state index in [1.807, 2.05) is 0 Å². The highest BCUT2D eigenvalue weighted by Gasteiger charge is 2.27. The minimum Gasteiger partial charge on any atom is -0.391 e. The molecule has 0 amide bonds. The summed E-state index contributed by atoms with van der Waals surface area (Å²) in [7, 11) is 0. The van der Waals surface area contributed by atoms with E-state index in [0.717, 1.165) is 28.9 Å². The van der Waals surface area contributed by atoms with E-state index in [2.05, 4.69) is 32.6 Å². The Bertz CT molecular complexity index is 406. The molecule has 0 bridgehead atoms. The molecule has 1 fully saturated rings. The largest absolute Gasteiger partial charge is 0.391 e. The van der Waals surface area contributed by atoms with Crippen molar-refractivity contribution >= 4 is 16.5 Å². The summed E-state index contributed by atoms with van der Waals surface area (Å²) in [5.74, 6) is 0.353. The molecule has 0 aromatic carbocycles. The van der Waals surface area contributed by atoms with Gasteiger partial charge >= 0.3 is 0 Å². The van der Waals surface area contributed by atoms with Crippen LogP contribution in [0.15, 0.2) is 0 Å². The van der Waals surface area contributed by atoms with Gasteiger partial charge in [-0.2, -0.15) is 0 Å². The second-order valence-corrected chi connectivity index (χ2v) is 6.33. The summed E-state index contributed by atoms with van der Waals surface area (Å²) in [6.45, 7) is 10.2. The molecule has 5 heteroatoms. The van der Waals surface area contributed by atoms with Gasteiger partial charge in [0.15, 0.2) is 5.13 Å². The van der Waals surface area contributed by atoms with Crippen molar-refractivity contribution in [3.8, 4) is 0 Å². The van der Waals surface area contributed by atoms with Crippen molar-refractivity contribution in [3.63, 3.8) is 0 Å². The highest BCUT2D eigenvalue weighted by Crippen LogP contribution is 2.32. The highest BCUT2D eigenvalue weighted by atomic mass is 32.1. The van der Waals surface area contributed by atoms with Gasteiger partial charge in [-0.1, -0.05) is 25.2 Å². The Morgan fingerprint density at radius 3 is 2.78 bits per heavy atom. The van der Waals surface area contributed by atoms with Gasteiger partial charge < -0.3 is 14.7 Å². The predicted octanol–water partition coefficient (Wildman–Crippen LogP) is 2.37. The molecule has 2 unspecified atom stereocenters. The van der Waals surface area contributed by atoms with Crippen molar-refractivity contribution < 1.29 is 9.84 Å². The first-order valence-corrected chi connectivity index (χ1v) is 7.33. The molecule has 0 aliphatic carbocycles. The van der Waals surface area contributed by atoms with Crippen molar-refractivity contribution in [1.29, 1.82) is 0 Å². The van der Waals surface area contributed by atoms with Crippen LogP contribution in [0.5, 0.6) is 0 Å². The van der Waals surface area contributed by atoms with Crippen molar-refractivity contribution in [1.82, 2.24) is 4.98 Å². The van der Waals surface area contributed by atoms with Gasteiger partial charge in [0.05, 0.1) is 35.9 Å². The third kappa shape index (κ3) is 2.68. The monoisotopic (exact) mass is 270 g/mol. The Labute approximate surface area is 113 Å². The number of hydrogen-bond donors (Lipinski definition) is 1. The Kier molecular flexibility index (Phi) is 4.25. The van der Waals surface area contributed by atoms with Crippen LogP contribution in [0.4, 0.5) is 5.13 Å². The van der Waals surface area contributed by atoms with Gasteiger partial charge in [0.25, 0.3) is 0 Å². The Hall–Kier alpha value is -0.650. The first-order valence-electron chi connectivity index (χ1n) is 6.51. The zero-order valence-corrected chi connectivity index (χ0v) is 12.3. The summed E-state index contributed by atoms with van der Waals surface area (Å²) >= 11 is 1.61. The molecular formula is C13H22N2O2S. The topological polar surface area (TPSA) is 45.6 Å². The van der Waals surface area contributed by atoms with Crippen LogP contribution in [0.2, 0.25) is 0 Å². The lowest BCUT2D eigenvalue weighted by atomic mass is 10.1. The number of rotatable bonds is 3. The van der Waals surface area contributed by atoms with Crippen LogP contribution in [0.1, 0.15) is 44.2 Å². The second kappa shape index (κ2) is 5.55. The number of aromatic nitrogens is 1. The van der Waals surface area contributed by atoms with E-state index in [9.17, 15) is 5.11 Å². The fraction of sp³-hybridized carbons (Fsp3) is 0.769. The Balaban J connectivity index is 2.27. The van der Waals surface area contributed by atoms with Gasteiger partial charge in [-0.05, 0) is 19.8 Å². The molecule has 1 aliphatic rings. The summed E-state index contributed by atoms with van der Waals surface area (Å²) in [6.07, 6.45) is 0.241. The van der Waals surface area contributed by atoms with Gasteiger partial charge in [0.1, 0.15) is 0 Å². The normalized spacial score (nSPS) is 24.9.